The minimum absolute atomic E-state index is 0.149. The first-order chi connectivity index (χ1) is 9.00. The van der Waals surface area contributed by atoms with Crippen LogP contribution in [0.4, 0.5) is 0 Å². The van der Waals surface area contributed by atoms with Crippen molar-refractivity contribution < 1.29 is 19.1 Å². The molecule has 1 aliphatic rings. The molecule has 0 aliphatic carbocycles. The normalized spacial score (nSPS) is 21.7. The van der Waals surface area contributed by atoms with Crippen LogP contribution in [0.15, 0.2) is 12.2 Å². The molecule has 0 aromatic rings. The summed E-state index contributed by atoms with van der Waals surface area (Å²) in [6, 6.07) is 0. The van der Waals surface area contributed by atoms with Gasteiger partial charge >= 0.3 is 11.9 Å². The molecule has 6 heteroatoms. The fraction of sp³-hybridized carbons (Fsp3) is 0.692. The molecule has 19 heavy (non-hydrogen) atoms. The summed E-state index contributed by atoms with van der Waals surface area (Å²) >= 11 is 3.44. The number of thioether (sulfide) groups is 2. The lowest BCUT2D eigenvalue weighted by molar-refractivity contribution is -0.164. The highest BCUT2D eigenvalue weighted by molar-refractivity contribution is 8.03. The van der Waals surface area contributed by atoms with Gasteiger partial charge in [-0.15, -0.1) is 11.8 Å². The Balaban J connectivity index is 2.39. The number of rotatable bonds is 4. The van der Waals surface area contributed by atoms with Gasteiger partial charge in [0, 0.05) is 11.3 Å². The summed E-state index contributed by atoms with van der Waals surface area (Å²) in [6.07, 6.45) is 1.47. The molecule has 0 amide bonds. The van der Waals surface area contributed by atoms with Gasteiger partial charge in [-0.05, 0) is 38.2 Å². The van der Waals surface area contributed by atoms with Crippen LogP contribution in [0.5, 0.6) is 0 Å². The van der Waals surface area contributed by atoms with Gasteiger partial charge in [0.15, 0.2) is 11.5 Å². The van der Waals surface area contributed by atoms with E-state index in [9.17, 15) is 9.59 Å². The zero-order valence-corrected chi connectivity index (χ0v) is 13.0. The summed E-state index contributed by atoms with van der Waals surface area (Å²) in [4.78, 5) is 23.1. The van der Waals surface area contributed by atoms with E-state index in [2.05, 4.69) is 6.58 Å². The maximum Gasteiger partial charge on any atom is 0.348 e. The van der Waals surface area contributed by atoms with Crippen LogP contribution in [-0.4, -0.2) is 40.7 Å². The molecule has 0 aromatic heterocycles. The van der Waals surface area contributed by atoms with Crippen LogP contribution in [0.1, 0.15) is 26.7 Å². The van der Waals surface area contributed by atoms with Crippen molar-refractivity contribution in [2.45, 2.75) is 38.2 Å². The third-order valence-electron chi connectivity index (χ3n) is 2.45. The molecule has 0 aromatic carbocycles. The molecule has 0 radical (unpaired) electrons. The smallest absolute Gasteiger partial charge is 0.348 e. The monoisotopic (exact) mass is 304 g/mol. The molecule has 1 saturated heterocycles. The van der Waals surface area contributed by atoms with E-state index in [1.165, 1.54) is 13.3 Å². The lowest BCUT2D eigenvalue weighted by atomic mass is 10.3. The van der Waals surface area contributed by atoms with Gasteiger partial charge in [0.2, 0.25) is 0 Å². The van der Waals surface area contributed by atoms with Crippen LogP contribution < -0.4 is 0 Å². The van der Waals surface area contributed by atoms with E-state index >= 15 is 0 Å². The molecule has 4 nitrogen and oxygen atoms in total. The molecule has 1 heterocycles. The van der Waals surface area contributed by atoms with E-state index in [0.717, 1.165) is 23.7 Å². The number of carbonyl (C=O) groups excluding carboxylic acids is 2. The quantitative estimate of drug-likeness (QED) is 0.588. The molecular weight excluding hydrogens is 284 g/mol. The van der Waals surface area contributed by atoms with Gasteiger partial charge in [-0.1, -0.05) is 6.58 Å². The van der Waals surface area contributed by atoms with E-state index in [1.54, 1.807) is 30.4 Å². The van der Waals surface area contributed by atoms with E-state index < -0.39 is 18.0 Å². The average molecular weight is 304 g/mol. The first-order valence-electron chi connectivity index (χ1n) is 6.27. The first kappa shape index (κ1) is 16.4. The topological polar surface area (TPSA) is 52.6 Å². The lowest BCUT2D eigenvalue weighted by Gasteiger charge is -2.21. The first-order valence-corrected chi connectivity index (χ1v) is 8.47. The van der Waals surface area contributed by atoms with Crippen molar-refractivity contribution in [3.63, 3.8) is 0 Å². The molecule has 1 aliphatic heterocycles. The number of carbonyl (C=O) groups is 2. The fourth-order valence-corrected chi connectivity index (χ4v) is 3.66. The Morgan fingerprint density at radius 1 is 1.32 bits per heavy atom. The Kier molecular flexibility index (Phi) is 7.38. The Morgan fingerprint density at radius 2 is 2.00 bits per heavy atom. The predicted octanol–water partition coefficient (Wildman–Crippen LogP) is 2.62. The van der Waals surface area contributed by atoms with Crippen LogP contribution in [0.2, 0.25) is 0 Å². The summed E-state index contributed by atoms with van der Waals surface area (Å²) < 4.78 is 10.3. The van der Waals surface area contributed by atoms with Gasteiger partial charge in [0.1, 0.15) is 0 Å². The van der Waals surface area contributed by atoms with Gasteiger partial charge in [-0.2, -0.15) is 11.8 Å². The molecule has 108 valence electrons. The molecular formula is C13H20O4S2. The summed E-state index contributed by atoms with van der Waals surface area (Å²) in [5.41, 5.74) is 0.124. The van der Waals surface area contributed by atoms with Crippen molar-refractivity contribution in [2.24, 2.45) is 0 Å². The van der Waals surface area contributed by atoms with Crippen LogP contribution >= 0.6 is 23.5 Å². The Hall–Kier alpha value is -0.620. The maximum atomic E-state index is 11.8. The van der Waals surface area contributed by atoms with Crippen LogP contribution in [0.25, 0.3) is 0 Å². The largest absolute Gasteiger partial charge is 0.448 e. The minimum atomic E-state index is -0.889. The number of hydrogen-bond acceptors (Lipinski definition) is 6. The van der Waals surface area contributed by atoms with E-state index in [1.807, 2.05) is 0 Å². The molecule has 2 atom stereocenters. The summed E-state index contributed by atoms with van der Waals surface area (Å²) in [7, 11) is 0. The summed E-state index contributed by atoms with van der Waals surface area (Å²) in [6.45, 7) is 6.53. The molecule has 0 bridgehead atoms. The van der Waals surface area contributed by atoms with Crippen molar-refractivity contribution in [3.8, 4) is 0 Å². The molecule has 0 N–H and O–H groups in total. The second-order valence-corrected chi connectivity index (χ2v) is 6.76. The van der Waals surface area contributed by atoms with Gasteiger partial charge in [0.25, 0.3) is 0 Å². The van der Waals surface area contributed by atoms with Crippen LogP contribution in [0.3, 0.4) is 0 Å². The van der Waals surface area contributed by atoms with Crippen molar-refractivity contribution in [2.75, 3.05) is 17.3 Å². The van der Waals surface area contributed by atoms with Crippen LogP contribution in [-0.2, 0) is 19.1 Å². The average Bonchev–Trinajstić information content (AvgIpc) is 2.31. The highest BCUT2D eigenvalue weighted by Gasteiger charge is 2.24. The van der Waals surface area contributed by atoms with Gasteiger partial charge in [0.05, 0.1) is 0 Å². The number of hydrogen-bond donors (Lipinski definition) is 0. The molecule has 0 saturated carbocycles. The Morgan fingerprint density at radius 3 is 2.68 bits per heavy atom. The lowest BCUT2D eigenvalue weighted by Crippen LogP contribution is -2.30. The predicted molar refractivity (Wildman–Crippen MR) is 79.3 cm³/mol. The Labute approximate surface area is 122 Å². The van der Waals surface area contributed by atoms with E-state index in [-0.39, 0.29) is 11.0 Å². The highest BCUT2D eigenvalue weighted by atomic mass is 32.2. The fourth-order valence-electron chi connectivity index (χ4n) is 1.35. The molecule has 1 rings (SSSR count). The van der Waals surface area contributed by atoms with Crippen molar-refractivity contribution in [3.05, 3.63) is 12.2 Å². The second-order valence-electron chi connectivity index (χ2n) is 4.35. The molecule has 2 unspecified atom stereocenters. The zero-order chi connectivity index (χ0) is 14.3. The summed E-state index contributed by atoms with van der Waals surface area (Å²) in [5.74, 6) is 1.84. The second kappa shape index (κ2) is 8.53. The minimum Gasteiger partial charge on any atom is -0.448 e. The molecule has 0 spiro atoms. The zero-order valence-electron chi connectivity index (χ0n) is 11.3. The van der Waals surface area contributed by atoms with Crippen molar-refractivity contribution in [1.82, 2.24) is 0 Å². The van der Waals surface area contributed by atoms with Gasteiger partial charge < -0.3 is 9.47 Å². The number of esters is 2. The molecule has 1 fully saturated rings. The van der Waals surface area contributed by atoms with Gasteiger partial charge in [-0.25, -0.2) is 9.59 Å². The Bertz CT molecular complexity index is 336. The third kappa shape index (κ3) is 6.38. The summed E-state index contributed by atoms with van der Waals surface area (Å²) in [5, 5.41) is 0. The van der Waals surface area contributed by atoms with Crippen molar-refractivity contribution >= 4 is 35.5 Å². The highest BCUT2D eigenvalue weighted by Crippen LogP contribution is 2.24. The van der Waals surface area contributed by atoms with Crippen LogP contribution in [0, 0.1) is 0 Å². The van der Waals surface area contributed by atoms with E-state index in [4.69, 9.17) is 9.47 Å². The number of ether oxygens (including phenoxy) is 2. The van der Waals surface area contributed by atoms with Crippen molar-refractivity contribution in [1.29, 1.82) is 0 Å². The van der Waals surface area contributed by atoms with Gasteiger partial charge in [-0.3, -0.25) is 0 Å². The van der Waals surface area contributed by atoms with E-state index in [0.29, 0.717) is 0 Å². The third-order valence-corrected chi connectivity index (χ3v) is 4.94. The standard InChI is InChI=1S/C13H20O4S2/c1-9(2)12(14)16-10(3)13(15)17-11-8-18-6-4-5-7-19-11/h10-11H,1,4-8H2,2-3H3. The maximum absolute atomic E-state index is 11.8. The SMILES string of the molecule is C=C(C)C(=O)OC(C)C(=O)OC1CSCCCCS1.